The van der Waals surface area contributed by atoms with E-state index in [1.807, 2.05) is 24.3 Å². The van der Waals surface area contributed by atoms with Gasteiger partial charge in [-0.05, 0) is 17.7 Å². The van der Waals surface area contributed by atoms with E-state index in [9.17, 15) is 5.11 Å². The summed E-state index contributed by atoms with van der Waals surface area (Å²) in [5.41, 5.74) is 0.196. The Morgan fingerprint density at radius 3 is 2.80 bits per heavy atom. The summed E-state index contributed by atoms with van der Waals surface area (Å²) in [5.74, 6) is 2.83. The van der Waals surface area contributed by atoms with Gasteiger partial charge in [-0.3, -0.25) is 0 Å². The Kier molecular flexibility index (Phi) is 2.94. The Balaban J connectivity index is 2.43. The van der Waals surface area contributed by atoms with Crippen LogP contribution in [0.4, 0.5) is 0 Å². The highest BCUT2D eigenvalue weighted by atomic mass is 32.2. The minimum Gasteiger partial charge on any atom is -0.496 e. The van der Waals surface area contributed by atoms with Crippen molar-refractivity contribution in [3.63, 3.8) is 0 Å². The summed E-state index contributed by atoms with van der Waals surface area (Å²) in [6.45, 7) is 2.09. The van der Waals surface area contributed by atoms with Crippen LogP contribution in [0, 0.1) is 5.92 Å². The molecule has 1 aliphatic rings. The van der Waals surface area contributed by atoms with E-state index in [0.717, 1.165) is 22.8 Å². The third-order valence-corrected chi connectivity index (χ3v) is 4.46. The molecular weight excluding hydrogens is 208 g/mol. The SMILES string of the molecule is COc1ccccc1[C@@]1(O)CSC[C@H]1C. The van der Waals surface area contributed by atoms with Gasteiger partial charge in [0, 0.05) is 11.3 Å². The molecule has 0 amide bonds. The van der Waals surface area contributed by atoms with Gasteiger partial charge in [-0.15, -0.1) is 0 Å². The first-order valence-corrected chi connectivity index (χ1v) is 6.27. The van der Waals surface area contributed by atoms with Crippen molar-refractivity contribution in [2.45, 2.75) is 12.5 Å². The van der Waals surface area contributed by atoms with Crippen molar-refractivity contribution in [3.8, 4) is 5.75 Å². The summed E-state index contributed by atoms with van der Waals surface area (Å²) in [7, 11) is 1.65. The molecule has 15 heavy (non-hydrogen) atoms. The first kappa shape index (κ1) is 10.8. The van der Waals surface area contributed by atoms with Crippen LogP contribution in [-0.4, -0.2) is 23.7 Å². The normalized spacial score (nSPS) is 30.5. The molecule has 0 bridgehead atoms. The quantitative estimate of drug-likeness (QED) is 0.835. The number of ether oxygens (including phenoxy) is 1. The third kappa shape index (κ3) is 1.74. The number of thioether (sulfide) groups is 1. The lowest BCUT2D eigenvalue weighted by Gasteiger charge is -2.28. The second kappa shape index (κ2) is 4.06. The zero-order valence-electron chi connectivity index (χ0n) is 9.06. The molecule has 1 heterocycles. The lowest BCUT2D eigenvalue weighted by atomic mass is 9.85. The molecule has 0 radical (unpaired) electrons. The van der Waals surface area contributed by atoms with Gasteiger partial charge in [0.1, 0.15) is 11.4 Å². The van der Waals surface area contributed by atoms with Gasteiger partial charge in [0.15, 0.2) is 0 Å². The van der Waals surface area contributed by atoms with Crippen molar-refractivity contribution >= 4 is 11.8 Å². The molecule has 0 aliphatic carbocycles. The third-order valence-electron chi connectivity index (χ3n) is 3.08. The zero-order chi connectivity index (χ0) is 10.9. The second-order valence-corrected chi connectivity index (χ2v) is 5.07. The molecule has 1 aliphatic heterocycles. The Labute approximate surface area is 94.6 Å². The highest BCUT2D eigenvalue weighted by Gasteiger charge is 2.42. The van der Waals surface area contributed by atoms with Crippen LogP contribution in [0.5, 0.6) is 5.75 Å². The lowest BCUT2D eigenvalue weighted by Crippen LogP contribution is -2.32. The van der Waals surface area contributed by atoms with Crippen molar-refractivity contribution < 1.29 is 9.84 Å². The molecule has 2 rings (SSSR count). The van der Waals surface area contributed by atoms with Crippen LogP contribution in [0.3, 0.4) is 0 Å². The summed E-state index contributed by atoms with van der Waals surface area (Å²) in [5, 5.41) is 10.6. The number of para-hydroxylation sites is 1. The Hall–Kier alpha value is -0.670. The number of aliphatic hydroxyl groups is 1. The molecule has 2 nitrogen and oxygen atoms in total. The highest BCUT2D eigenvalue weighted by molar-refractivity contribution is 7.99. The van der Waals surface area contributed by atoms with Gasteiger partial charge in [-0.25, -0.2) is 0 Å². The van der Waals surface area contributed by atoms with E-state index in [1.165, 1.54) is 0 Å². The molecule has 0 aromatic heterocycles. The first-order chi connectivity index (χ1) is 7.18. The predicted octanol–water partition coefficient (Wildman–Crippen LogP) is 2.27. The van der Waals surface area contributed by atoms with Gasteiger partial charge in [-0.2, -0.15) is 11.8 Å². The molecule has 1 saturated heterocycles. The number of benzene rings is 1. The largest absolute Gasteiger partial charge is 0.496 e. The van der Waals surface area contributed by atoms with Gasteiger partial charge in [0.05, 0.1) is 7.11 Å². The lowest BCUT2D eigenvalue weighted by molar-refractivity contribution is 0.0212. The van der Waals surface area contributed by atoms with Crippen LogP contribution in [0.1, 0.15) is 12.5 Å². The van der Waals surface area contributed by atoms with E-state index in [1.54, 1.807) is 18.9 Å². The van der Waals surface area contributed by atoms with Crippen LogP contribution in [0.25, 0.3) is 0 Å². The van der Waals surface area contributed by atoms with Gasteiger partial charge < -0.3 is 9.84 Å². The van der Waals surface area contributed by atoms with Crippen molar-refractivity contribution in [2.24, 2.45) is 5.92 Å². The van der Waals surface area contributed by atoms with Crippen LogP contribution in [0.2, 0.25) is 0 Å². The number of hydrogen-bond acceptors (Lipinski definition) is 3. The molecule has 1 N–H and O–H groups in total. The highest BCUT2D eigenvalue weighted by Crippen LogP contribution is 2.44. The van der Waals surface area contributed by atoms with E-state index in [4.69, 9.17) is 4.74 Å². The summed E-state index contributed by atoms with van der Waals surface area (Å²) in [6.07, 6.45) is 0. The van der Waals surface area contributed by atoms with E-state index in [-0.39, 0.29) is 5.92 Å². The molecule has 2 atom stereocenters. The maximum atomic E-state index is 10.6. The summed E-state index contributed by atoms with van der Waals surface area (Å²) in [6, 6.07) is 7.74. The van der Waals surface area contributed by atoms with Gasteiger partial charge in [0.2, 0.25) is 0 Å². The van der Waals surface area contributed by atoms with Crippen LogP contribution >= 0.6 is 11.8 Å². The summed E-state index contributed by atoms with van der Waals surface area (Å²) < 4.78 is 5.30. The molecule has 0 saturated carbocycles. The van der Waals surface area contributed by atoms with E-state index < -0.39 is 5.60 Å². The Morgan fingerprint density at radius 1 is 1.47 bits per heavy atom. The molecule has 0 unspecified atom stereocenters. The van der Waals surface area contributed by atoms with Gasteiger partial charge in [0.25, 0.3) is 0 Å². The maximum absolute atomic E-state index is 10.6. The Bertz CT molecular complexity index is 353. The fourth-order valence-electron chi connectivity index (χ4n) is 2.02. The zero-order valence-corrected chi connectivity index (χ0v) is 9.88. The fraction of sp³-hybridized carbons (Fsp3) is 0.500. The van der Waals surface area contributed by atoms with Crippen LogP contribution < -0.4 is 4.74 Å². The molecule has 82 valence electrons. The van der Waals surface area contributed by atoms with Crippen molar-refractivity contribution in [1.82, 2.24) is 0 Å². The standard InChI is InChI=1S/C12H16O2S/c1-9-7-15-8-12(9,13)10-5-3-4-6-11(10)14-2/h3-6,9,13H,7-8H2,1-2H3/t9-,12-/m1/s1. The minimum absolute atomic E-state index is 0.277. The fourth-order valence-corrected chi connectivity index (χ4v) is 3.52. The van der Waals surface area contributed by atoms with Crippen LogP contribution in [-0.2, 0) is 5.60 Å². The van der Waals surface area contributed by atoms with Gasteiger partial charge >= 0.3 is 0 Å². The molecular formula is C12H16O2S. The van der Waals surface area contributed by atoms with E-state index in [2.05, 4.69) is 6.92 Å². The molecule has 1 fully saturated rings. The first-order valence-electron chi connectivity index (χ1n) is 5.12. The molecule has 3 heteroatoms. The number of hydrogen-bond donors (Lipinski definition) is 1. The van der Waals surface area contributed by atoms with Crippen molar-refractivity contribution in [3.05, 3.63) is 29.8 Å². The maximum Gasteiger partial charge on any atom is 0.124 e. The monoisotopic (exact) mass is 224 g/mol. The number of methoxy groups -OCH3 is 1. The molecule has 1 aromatic carbocycles. The second-order valence-electron chi connectivity index (χ2n) is 4.04. The average molecular weight is 224 g/mol. The smallest absolute Gasteiger partial charge is 0.124 e. The van der Waals surface area contributed by atoms with Crippen LogP contribution in [0.15, 0.2) is 24.3 Å². The predicted molar refractivity (Wildman–Crippen MR) is 63.4 cm³/mol. The number of rotatable bonds is 2. The molecule has 0 spiro atoms. The average Bonchev–Trinajstić information content (AvgIpc) is 2.60. The topological polar surface area (TPSA) is 29.5 Å². The van der Waals surface area contributed by atoms with E-state index in [0.29, 0.717) is 0 Å². The summed E-state index contributed by atoms with van der Waals surface area (Å²) >= 11 is 1.80. The molecule has 1 aromatic rings. The van der Waals surface area contributed by atoms with Crippen molar-refractivity contribution in [2.75, 3.05) is 18.6 Å². The van der Waals surface area contributed by atoms with Crippen molar-refractivity contribution in [1.29, 1.82) is 0 Å². The summed E-state index contributed by atoms with van der Waals surface area (Å²) in [4.78, 5) is 0. The Morgan fingerprint density at radius 2 is 2.20 bits per heavy atom. The van der Waals surface area contributed by atoms with Gasteiger partial charge in [-0.1, -0.05) is 25.1 Å². The minimum atomic E-state index is -0.725. The van der Waals surface area contributed by atoms with E-state index >= 15 is 0 Å².